The van der Waals surface area contributed by atoms with Gasteiger partial charge in [0.2, 0.25) is 0 Å². The molecule has 0 bridgehead atoms. The van der Waals surface area contributed by atoms with Crippen LogP contribution in [0.1, 0.15) is 38.5 Å². The maximum Gasteiger partial charge on any atom is 0.306 e. The van der Waals surface area contributed by atoms with Crippen molar-refractivity contribution in [3.05, 3.63) is 0 Å². The van der Waals surface area contributed by atoms with Gasteiger partial charge in [-0.25, -0.2) is 0 Å². The summed E-state index contributed by atoms with van der Waals surface area (Å²) in [5.41, 5.74) is 0. The molecule has 0 amide bonds. The Hall–Kier alpha value is -1.06. The van der Waals surface area contributed by atoms with Gasteiger partial charge in [0.1, 0.15) is 0 Å². The first kappa shape index (κ1) is 11.0. The topological polar surface area (TPSA) is 74.6 Å². The van der Waals surface area contributed by atoms with E-state index in [2.05, 4.69) is 0 Å². The Labute approximate surface area is 82.9 Å². The predicted octanol–water partition coefficient (Wildman–Crippen LogP) is 1.74. The smallest absolute Gasteiger partial charge is 0.306 e. The number of carbonyl (C=O) groups is 2. The number of carboxylic acid groups (broad SMARTS) is 2. The number of carboxylic acids is 2. The molecule has 0 saturated heterocycles. The molecule has 0 heterocycles. The van der Waals surface area contributed by atoms with Crippen LogP contribution in [0.15, 0.2) is 0 Å². The van der Waals surface area contributed by atoms with Crippen molar-refractivity contribution >= 4 is 11.9 Å². The summed E-state index contributed by atoms with van der Waals surface area (Å²) in [6.07, 6.45) is 3.93. The van der Waals surface area contributed by atoms with Gasteiger partial charge in [-0.1, -0.05) is 12.8 Å². The molecule has 0 radical (unpaired) electrons. The first-order valence-corrected chi connectivity index (χ1v) is 5.07. The van der Waals surface area contributed by atoms with Gasteiger partial charge in [-0.2, -0.15) is 0 Å². The highest BCUT2D eigenvalue weighted by atomic mass is 16.4. The Bertz CT molecular complexity index is 192. The Balaban J connectivity index is 2.43. The average molecular weight is 200 g/mol. The first-order chi connectivity index (χ1) is 6.61. The van der Waals surface area contributed by atoms with E-state index in [1.165, 1.54) is 0 Å². The minimum Gasteiger partial charge on any atom is -0.481 e. The largest absolute Gasteiger partial charge is 0.481 e. The summed E-state index contributed by atoms with van der Waals surface area (Å²) in [5.74, 6) is -1.99. The van der Waals surface area contributed by atoms with E-state index in [0.717, 1.165) is 0 Å². The highest BCUT2D eigenvalue weighted by Gasteiger charge is 2.24. The van der Waals surface area contributed by atoms with Gasteiger partial charge < -0.3 is 10.2 Å². The first-order valence-electron chi connectivity index (χ1n) is 5.07. The van der Waals surface area contributed by atoms with Crippen molar-refractivity contribution in [2.75, 3.05) is 0 Å². The second-order valence-electron chi connectivity index (χ2n) is 3.93. The predicted molar refractivity (Wildman–Crippen MR) is 50.0 cm³/mol. The molecule has 0 aliphatic heterocycles. The van der Waals surface area contributed by atoms with Crippen molar-refractivity contribution in [3.63, 3.8) is 0 Å². The highest BCUT2D eigenvalue weighted by Crippen LogP contribution is 2.26. The van der Waals surface area contributed by atoms with Crippen LogP contribution in [0, 0.1) is 11.8 Å². The van der Waals surface area contributed by atoms with Gasteiger partial charge in [0.15, 0.2) is 0 Å². The third-order valence-corrected chi connectivity index (χ3v) is 2.91. The molecule has 0 aromatic heterocycles. The van der Waals surface area contributed by atoms with E-state index in [9.17, 15) is 9.59 Å². The molecule has 1 fully saturated rings. The van der Waals surface area contributed by atoms with Crippen molar-refractivity contribution in [2.24, 2.45) is 11.8 Å². The van der Waals surface area contributed by atoms with Crippen molar-refractivity contribution in [1.82, 2.24) is 0 Å². The second kappa shape index (κ2) is 4.98. The van der Waals surface area contributed by atoms with Gasteiger partial charge >= 0.3 is 11.9 Å². The molecule has 0 atom stereocenters. The molecular formula is C10H16O4. The van der Waals surface area contributed by atoms with Crippen LogP contribution in [0.3, 0.4) is 0 Å². The SMILES string of the molecule is O=C(O)C1CCCC(C(=O)O)CCC1. The second-order valence-corrected chi connectivity index (χ2v) is 3.93. The van der Waals surface area contributed by atoms with Crippen LogP contribution >= 0.6 is 0 Å². The molecule has 4 heteroatoms. The summed E-state index contributed by atoms with van der Waals surface area (Å²) in [4.78, 5) is 21.4. The van der Waals surface area contributed by atoms with Gasteiger partial charge in [-0.3, -0.25) is 9.59 Å². The summed E-state index contributed by atoms with van der Waals surface area (Å²) < 4.78 is 0. The lowest BCUT2D eigenvalue weighted by atomic mass is 9.86. The fourth-order valence-electron chi connectivity index (χ4n) is 2.00. The zero-order chi connectivity index (χ0) is 10.6. The van der Waals surface area contributed by atoms with E-state index >= 15 is 0 Å². The van der Waals surface area contributed by atoms with E-state index in [1.54, 1.807) is 0 Å². The van der Waals surface area contributed by atoms with Crippen LogP contribution < -0.4 is 0 Å². The maximum absolute atomic E-state index is 10.7. The molecule has 2 N–H and O–H groups in total. The molecular weight excluding hydrogens is 184 g/mol. The van der Waals surface area contributed by atoms with Crippen LogP contribution in [-0.4, -0.2) is 22.2 Å². The summed E-state index contributed by atoms with van der Waals surface area (Å²) in [7, 11) is 0. The molecule has 1 rings (SSSR count). The van der Waals surface area contributed by atoms with Gasteiger partial charge in [0.05, 0.1) is 11.8 Å². The minimum absolute atomic E-state index is 0.259. The summed E-state index contributed by atoms with van der Waals surface area (Å²) in [5, 5.41) is 17.6. The van der Waals surface area contributed by atoms with Crippen LogP contribution in [0.2, 0.25) is 0 Å². The Kier molecular flexibility index (Phi) is 3.92. The monoisotopic (exact) mass is 200 g/mol. The van der Waals surface area contributed by atoms with E-state index < -0.39 is 11.9 Å². The van der Waals surface area contributed by atoms with E-state index in [-0.39, 0.29) is 11.8 Å². The van der Waals surface area contributed by atoms with Crippen LogP contribution in [0.25, 0.3) is 0 Å². The fourth-order valence-corrected chi connectivity index (χ4v) is 2.00. The van der Waals surface area contributed by atoms with Crippen molar-refractivity contribution < 1.29 is 19.8 Å². The average Bonchev–Trinajstić information content (AvgIpc) is 2.01. The molecule has 4 nitrogen and oxygen atoms in total. The lowest BCUT2D eigenvalue weighted by Crippen LogP contribution is -2.20. The third kappa shape index (κ3) is 3.01. The molecule has 1 aliphatic carbocycles. The van der Waals surface area contributed by atoms with Gasteiger partial charge in [-0.15, -0.1) is 0 Å². The van der Waals surface area contributed by atoms with E-state index in [0.29, 0.717) is 38.5 Å². The molecule has 0 spiro atoms. The fraction of sp³-hybridized carbons (Fsp3) is 0.800. The molecule has 14 heavy (non-hydrogen) atoms. The number of hydrogen-bond acceptors (Lipinski definition) is 2. The molecule has 0 aromatic rings. The molecule has 1 aliphatic rings. The number of rotatable bonds is 2. The highest BCUT2D eigenvalue weighted by molar-refractivity contribution is 5.71. The normalized spacial score (nSPS) is 28.9. The number of aliphatic carboxylic acids is 2. The Morgan fingerprint density at radius 3 is 1.29 bits per heavy atom. The molecule has 80 valence electrons. The van der Waals surface area contributed by atoms with Crippen molar-refractivity contribution in [3.8, 4) is 0 Å². The van der Waals surface area contributed by atoms with E-state index in [4.69, 9.17) is 10.2 Å². The zero-order valence-corrected chi connectivity index (χ0v) is 8.11. The van der Waals surface area contributed by atoms with Gasteiger partial charge in [0.25, 0.3) is 0 Å². The standard InChI is InChI=1S/C10H16O4/c11-9(12)7-3-1-4-8(10(13)14)6-2-5-7/h7-8H,1-6H2,(H,11,12)(H,13,14). The van der Waals surface area contributed by atoms with Gasteiger partial charge in [-0.05, 0) is 25.7 Å². The van der Waals surface area contributed by atoms with Crippen LogP contribution in [-0.2, 0) is 9.59 Å². The minimum atomic E-state index is -0.737. The maximum atomic E-state index is 10.7. The van der Waals surface area contributed by atoms with Crippen LogP contribution in [0.4, 0.5) is 0 Å². The van der Waals surface area contributed by atoms with Crippen molar-refractivity contribution in [1.29, 1.82) is 0 Å². The lowest BCUT2D eigenvalue weighted by Gasteiger charge is -2.19. The van der Waals surface area contributed by atoms with E-state index in [1.807, 2.05) is 0 Å². The molecule has 0 aromatic carbocycles. The summed E-state index contributed by atoms with van der Waals surface area (Å²) >= 11 is 0. The quantitative estimate of drug-likeness (QED) is 0.712. The van der Waals surface area contributed by atoms with Crippen LogP contribution in [0.5, 0.6) is 0 Å². The third-order valence-electron chi connectivity index (χ3n) is 2.91. The summed E-state index contributed by atoms with van der Waals surface area (Å²) in [6.45, 7) is 0. The Morgan fingerprint density at radius 2 is 1.07 bits per heavy atom. The van der Waals surface area contributed by atoms with Gasteiger partial charge in [0, 0.05) is 0 Å². The molecule has 1 saturated carbocycles. The molecule has 0 unspecified atom stereocenters. The van der Waals surface area contributed by atoms with Crippen molar-refractivity contribution in [2.45, 2.75) is 38.5 Å². The Morgan fingerprint density at radius 1 is 0.786 bits per heavy atom. The summed E-state index contributed by atoms with van der Waals surface area (Å²) in [6, 6.07) is 0. The zero-order valence-electron chi connectivity index (χ0n) is 8.11. The number of hydrogen-bond donors (Lipinski definition) is 2. The lowest BCUT2D eigenvalue weighted by molar-refractivity contribution is -0.143.